The van der Waals surface area contributed by atoms with Crippen LogP contribution in [0.3, 0.4) is 0 Å². The van der Waals surface area contributed by atoms with Crippen molar-refractivity contribution in [1.82, 2.24) is 5.32 Å². The highest BCUT2D eigenvalue weighted by Gasteiger charge is 2.18. The molecular weight excluding hydrogens is 262 g/mol. The Morgan fingerprint density at radius 2 is 1.90 bits per heavy atom. The van der Waals surface area contributed by atoms with Gasteiger partial charge in [-0.2, -0.15) is 0 Å². The summed E-state index contributed by atoms with van der Waals surface area (Å²) in [6.45, 7) is 3.42. The Labute approximate surface area is 128 Å². The third-order valence-electron chi connectivity index (χ3n) is 4.22. The van der Waals surface area contributed by atoms with Crippen molar-refractivity contribution in [3.8, 4) is 0 Å². The smallest absolute Gasteiger partial charge is 0.0164 e. The van der Waals surface area contributed by atoms with Gasteiger partial charge in [-0.1, -0.05) is 57.2 Å². The SMILES string of the molecule is CCCNC(CSc1ccccc1)CC1CCCCC1. The molecule has 0 aliphatic heterocycles. The van der Waals surface area contributed by atoms with Gasteiger partial charge in [0.15, 0.2) is 0 Å². The van der Waals surface area contributed by atoms with Crippen LogP contribution in [-0.4, -0.2) is 18.3 Å². The summed E-state index contributed by atoms with van der Waals surface area (Å²) in [4.78, 5) is 1.40. The first-order valence-corrected chi connectivity index (χ1v) is 9.28. The second-order valence-corrected chi connectivity index (χ2v) is 7.11. The molecule has 1 saturated carbocycles. The van der Waals surface area contributed by atoms with E-state index in [1.54, 1.807) is 0 Å². The molecule has 0 heterocycles. The average Bonchev–Trinajstić information content (AvgIpc) is 2.52. The van der Waals surface area contributed by atoms with Crippen molar-refractivity contribution >= 4 is 11.8 Å². The lowest BCUT2D eigenvalue weighted by Gasteiger charge is -2.27. The molecule has 2 heteroatoms. The van der Waals surface area contributed by atoms with Crippen LogP contribution in [-0.2, 0) is 0 Å². The van der Waals surface area contributed by atoms with Crippen LogP contribution >= 0.6 is 11.8 Å². The molecule has 2 rings (SSSR count). The van der Waals surface area contributed by atoms with Crippen LogP contribution in [0, 0.1) is 5.92 Å². The van der Waals surface area contributed by atoms with E-state index in [1.807, 2.05) is 11.8 Å². The van der Waals surface area contributed by atoms with Gasteiger partial charge in [0.1, 0.15) is 0 Å². The summed E-state index contributed by atoms with van der Waals surface area (Å²) in [5.41, 5.74) is 0. The van der Waals surface area contributed by atoms with E-state index in [0.29, 0.717) is 6.04 Å². The molecule has 0 amide bonds. The first-order valence-electron chi connectivity index (χ1n) is 8.29. The van der Waals surface area contributed by atoms with Gasteiger partial charge in [0.25, 0.3) is 0 Å². The van der Waals surface area contributed by atoms with Crippen molar-refractivity contribution < 1.29 is 0 Å². The Kier molecular flexibility index (Phi) is 7.53. The maximum atomic E-state index is 3.77. The van der Waals surface area contributed by atoms with Crippen molar-refractivity contribution in [1.29, 1.82) is 0 Å². The molecule has 1 aliphatic carbocycles. The predicted molar refractivity (Wildman–Crippen MR) is 90.4 cm³/mol. The molecule has 1 aliphatic rings. The number of nitrogens with one attached hydrogen (secondary N) is 1. The molecule has 1 atom stereocenters. The zero-order valence-electron chi connectivity index (χ0n) is 12.8. The molecule has 1 fully saturated rings. The maximum Gasteiger partial charge on any atom is 0.0164 e. The summed E-state index contributed by atoms with van der Waals surface area (Å²) in [6.07, 6.45) is 9.90. The Morgan fingerprint density at radius 3 is 2.60 bits per heavy atom. The predicted octanol–water partition coefficient (Wildman–Crippen LogP) is 5.12. The van der Waals surface area contributed by atoms with Crippen molar-refractivity contribution in [2.24, 2.45) is 5.92 Å². The molecule has 20 heavy (non-hydrogen) atoms. The molecule has 1 nitrogen and oxygen atoms in total. The Balaban J connectivity index is 1.79. The van der Waals surface area contributed by atoms with Gasteiger partial charge in [-0.05, 0) is 37.4 Å². The maximum absolute atomic E-state index is 3.77. The summed E-state index contributed by atoms with van der Waals surface area (Å²) in [7, 11) is 0. The third kappa shape index (κ3) is 5.88. The highest BCUT2D eigenvalue weighted by Crippen LogP contribution is 2.29. The molecule has 0 spiro atoms. The fourth-order valence-corrected chi connectivity index (χ4v) is 4.09. The lowest BCUT2D eigenvalue weighted by molar-refractivity contribution is 0.307. The molecule has 1 unspecified atom stereocenters. The van der Waals surface area contributed by atoms with E-state index in [-0.39, 0.29) is 0 Å². The van der Waals surface area contributed by atoms with Gasteiger partial charge in [-0.3, -0.25) is 0 Å². The van der Waals surface area contributed by atoms with Gasteiger partial charge in [-0.15, -0.1) is 11.8 Å². The molecule has 0 bridgehead atoms. The summed E-state index contributed by atoms with van der Waals surface area (Å²) >= 11 is 2.01. The standard InChI is InChI=1S/C18H29NS/c1-2-13-19-17(14-16-9-5-3-6-10-16)15-20-18-11-7-4-8-12-18/h4,7-8,11-12,16-17,19H,2-3,5-6,9-10,13-15H2,1H3. The molecule has 0 saturated heterocycles. The summed E-state index contributed by atoms with van der Waals surface area (Å²) in [6, 6.07) is 11.5. The van der Waals surface area contributed by atoms with E-state index in [4.69, 9.17) is 0 Å². The first kappa shape index (κ1) is 15.9. The van der Waals surface area contributed by atoms with Crippen LogP contribution in [0.1, 0.15) is 51.9 Å². The van der Waals surface area contributed by atoms with E-state index < -0.39 is 0 Å². The minimum absolute atomic E-state index is 0.684. The van der Waals surface area contributed by atoms with E-state index in [1.165, 1.54) is 55.6 Å². The Bertz CT molecular complexity index is 346. The number of hydrogen-bond acceptors (Lipinski definition) is 2. The minimum Gasteiger partial charge on any atom is -0.313 e. The van der Waals surface area contributed by atoms with Crippen LogP contribution < -0.4 is 5.32 Å². The molecule has 1 aromatic carbocycles. The molecule has 1 N–H and O–H groups in total. The van der Waals surface area contributed by atoms with Crippen molar-refractivity contribution in [2.45, 2.75) is 62.8 Å². The normalized spacial score (nSPS) is 18.1. The van der Waals surface area contributed by atoms with Gasteiger partial charge in [-0.25, -0.2) is 0 Å². The zero-order valence-corrected chi connectivity index (χ0v) is 13.6. The topological polar surface area (TPSA) is 12.0 Å². The Morgan fingerprint density at radius 1 is 1.15 bits per heavy atom. The number of rotatable bonds is 8. The van der Waals surface area contributed by atoms with Gasteiger partial charge in [0.05, 0.1) is 0 Å². The molecule has 112 valence electrons. The third-order valence-corrected chi connectivity index (χ3v) is 5.39. The van der Waals surface area contributed by atoms with Gasteiger partial charge >= 0.3 is 0 Å². The second-order valence-electron chi connectivity index (χ2n) is 6.01. The van der Waals surface area contributed by atoms with Crippen molar-refractivity contribution in [3.63, 3.8) is 0 Å². The van der Waals surface area contributed by atoms with Gasteiger partial charge < -0.3 is 5.32 Å². The highest BCUT2D eigenvalue weighted by molar-refractivity contribution is 7.99. The quantitative estimate of drug-likeness (QED) is 0.667. The molecule has 0 aromatic heterocycles. The summed E-state index contributed by atoms with van der Waals surface area (Å²) in [5.74, 6) is 2.18. The van der Waals surface area contributed by atoms with Crippen LogP contribution in [0.2, 0.25) is 0 Å². The fourth-order valence-electron chi connectivity index (χ4n) is 3.10. The van der Waals surface area contributed by atoms with Gasteiger partial charge in [0.2, 0.25) is 0 Å². The monoisotopic (exact) mass is 291 g/mol. The summed E-state index contributed by atoms with van der Waals surface area (Å²) < 4.78 is 0. The van der Waals surface area contributed by atoms with Crippen LogP contribution in [0.4, 0.5) is 0 Å². The molecular formula is C18H29NS. The van der Waals surface area contributed by atoms with Gasteiger partial charge in [0, 0.05) is 16.7 Å². The average molecular weight is 292 g/mol. The van der Waals surface area contributed by atoms with E-state index in [9.17, 15) is 0 Å². The highest BCUT2D eigenvalue weighted by atomic mass is 32.2. The fraction of sp³-hybridized carbons (Fsp3) is 0.667. The zero-order chi connectivity index (χ0) is 14.0. The van der Waals surface area contributed by atoms with E-state index in [0.717, 1.165) is 12.5 Å². The lowest BCUT2D eigenvalue weighted by Crippen LogP contribution is -2.34. The van der Waals surface area contributed by atoms with E-state index >= 15 is 0 Å². The minimum atomic E-state index is 0.684. The second kappa shape index (κ2) is 9.46. The van der Waals surface area contributed by atoms with Crippen molar-refractivity contribution in [3.05, 3.63) is 30.3 Å². The number of thioether (sulfide) groups is 1. The lowest BCUT2D eigenvalue weighted by atomic mass is 9.85. The largest absolute Gasteiger partial charge is 0.313 e. The molecule has 0 radical (unpaired) electrons. The van der Waals surface area contributed by atoms with Crippen LogP contribution in [0.5, 0.6) is 0 Å². The van der Waals surface area contributed by atoms with Crippen molar-refractivity contribution in [2.75, 3.05) is 12.3 Å². The summed E-state index contributed by atoms with van der Waals surface area (Å²) in [5, 5.41) is 3.77. The Hall–Kier alpha value is -0.470. The van der Waals surface area contributed by atoms with Crippen LogP contribution in [0.25, 0.3) is 0 Å². The first-order chi connectivity index (χ1) is 9.88. The van der Waals surface area contributed by atoms with Crippen LogP contribution in [0.15, 0.2) is 35.2 Å². The number of hydrogen-bond donors (Lipinski definition) is 1. The number of benzene rings is 1. The van der Waals surface area contributed by atoms with E-state index in [2.05, 4.69) is 42.6 Å². The molecule has 1 aromatic rings.